The van der Waals surface area contributed by atoms with E-state index in [2.05, 4.69) is 74.2 Å². The maximum Gasteiger partial charge on any atom is 0.188 e. The van der Waals surface area contributed by atoms with Crippen LogP contribution in [-0.2, 0) is 5.41 Å². The highest BCUT2D eigenvalue weighted by atomic mass is 32.2. The summed E-state index contributed by atoms with van der Waals surface area (Å²) in [5.41, 5.74) is 3.23. The van der Waals surface area contributed by atoms with E-state index in [0.29, 0.717) is 0 Å². The second kappa shape index (κ2) is 6.58. The highest BCUT2D eigenvalue weighted by Crippen LogP contribution is 2.48. The van der Waals surface area contributed by atoms with E-state index >= 15 is 0 Å². The molecule has 0 N–H and O–H groups in total. The molecule has 0 aromatic heterocycles. The maximum absolute atomic E-state index is 12.8. The van der Waals surface area contributed by atoms with Crippen molar-refractivity contribution < 1.29 is 4.79 Å². The summed E-state index contributed by atoms with van der Waals surface area (Å²) in [6.45, 7) is 6.53. The van der Waals surface area contributed by atoms with Gasteiger partial charge in [-0.25, -0.2) is 0 Å². The van der Waals surface area contributed by atoms with Gasteiger partial charge in [0.25, 0.3) is 0 Å². The van der Waals surface area contributed by atoms with Crippen molar-refractivity contribution >= 4 is 34.0 Å². The van der Waals surface area contributed by atoms with Crippen LogP contribution >= 0.6 is 11.8 Å². The number of hydrogen-bond acceptors (Lipinski definition) is 3. The average molecular weight is 374 g/mol. The molecule has 0 saturated carbocycles. The molecule has 4 rings (SSSR count). The molecular formula is C24H23NOS. The molecule has 0 radical (unpaired) electrons. The fraction of sp³-hybridized carbons (Fsp3) is 0.208. The molecule has 0 fully saturated rings. The van der Waals surface area contributed by atoms with E-state index < -0.39 is 0 Å². The minimum atomic E-state index is 0.0434. The summed E-state index contributed by atoms with van der Waals surface area (Å²) in [5, 5.41) is 3.40. The van der Waals surface area contributed by atoms with Gasteiger partial charge in [-0.2, -0.15) is 0 Å². The third kappa shape index (κ3) is 3.28. The zero-order valence-corrected chi connectivity index (χ0v) is 16.9. The summed E-state index contributed by atoms with van der Waals surface area (Å²) in [4.78, 5) is 16.1. The van der Waals surface area contributed by atoms with Crippen molar-refractivity contribution in [3.63, 3.8) is 0 Å². The second-order valence-corrected chi connectivity index (χ2v) is 9.03. The molecule has 0 atom stereocenters. The number of nitrogens with zero attached hydrogens (tertiary/aromatic N) is 1. The first-order valence-electron chi connectivity index (χ1n) is 9.14. The monoisotopic (exact) mass is 373 g/mol. The highest BCUT2D eigenvalue weighted by molar-refractivity contribution is 8.03. The Labute approximate surface area is 164 Å². The number of carbonyl (C=O) groups excluding carboxylic acids is 1. The Balaban J connectivity index is 1.65. The van der Waals surface area contributed by atoms with Crippen molar-refractivity contribution in [3.05, 3.63) is 82.9 Å². The number of benzene rings is 3. The number of rotatable bonds is 2. The zero-order chi connectivity index (χ0) is 19.2. The van der Waals surface area contributed by atoms with E-state index in [1.807, 2.05) is 19.2 Å². The minimum Gasteiger partial charge on any atom is -0.338 e. The van der Waals surface area contributed by atoms with Crippen LogP contribution in [0.25, 0.3) is 10.8 Å². The third-order valence-electron chi connectivity index (χ3n) is 5.03. The zero-order valence-electron chi connectivity index (χ0n) is 16.1. The van der Waals surface area contributed by atoms with Gasteiger partial charge in [0.1, 0.15) is 0 Å². The molecule has 1 aliphatic rings. The van der Waals surface area contributed by atoms with E-state index in [-0.39, 0.29) is 11.2 Å². The first kappa shape index (κ1) is 17.9. The topological polar surface area (TPSA) is 20.3 Å². The quantitative estimate of drug-likeness (QED) is 0.383. The summed E-state index contributed by atoms with van der Waals surface area (Å²) < 4.78 is 0. The molecule has 3 aromatic carbocycles. The van der Waals surface area contributed by atoms with E-state index in [9.17, 15) is 4.79 Å². The van der Waals surface area contributed by atoms with E-state index in [1.165, 1.54) is 26.9 Å². The molecular weight excluding hydrogens is 350 g/mol. The molecule has 0 unspecified atom stereocenters. The van der Waals surface area contributed by atoms with Gasteiger partial charge in [0.05, 0.1) is 10.7 Å². The lowest BCUT2D eigenvalue weighted by Crippen LogP contribution is -2.12. The van der Waals surface area contributed by atoms with Crippen molar-refractivity contribution in [2.24, 2.45) is 0 Å². The van der Waals surface area contributed by atoms with Gasteiger partial charge in [-0.3, -0.25) is 4.79 Å². The molecule has 3 heteroatoms. The predicted octanol–water partition coefficient (Wildman–Crippen LogP) is 6.40. The lowest BCUT2D eigenvalue weighted by molar-refractivity contribution is 0.104. The molecule has 27 heavy (non-hydrogen) atoms. The van der Waals surface area contributed by atoms with E-state index in [0.717, 1.165) is 10.6 Å². The number of thioether (sulfide) groups is 1. The first-order chi connectivity index (χ1) is 12.8. The van der Waals surface area contributed by atoms with Crippen LogP contribution in [0.3, 0.4) is 0 Å². The van der Waals surface area contributed by atoms with Crippen LogP contribution in [0.2, 0.25) is 0 Å². The van der Waals surface area contributed by atoms with Gasteiger partial charge in [-0.15, -0.1) is 0 Å². The largest absolute Gasteiger partial charge is 0.338 e. The fourth-order valence-corrected chi connectivity index (χ4v) is 4.51. The Bertz CT molecular complexity index is 1060. The molecule has 2 nitrogen and oxygen atoms in total. The summed E-state index contributed by atoms with van der Waals surface area (Å²) in [5.74, 6) is 0.0434. The molecule has 0 aliphatic carbocycles. The number of ketones is 1. The fourth-order valence-electron chi connectivity index (χ4n) is 3.41. The lowest BCUT2D eigenvalue weighted by Gasteiger charge is -2.19. The molecule has 136 valence electrons. The maximum atomic E-state index is 12.8. The highest BCUT2D eigenvalue weighted by Gasteiger charge is 2.25. The van der Waals surface area contributed by atoms with Gasteiger partial charge in [-0.1, -0.05) is 87.1 Å². The smallest absolute Gasteiger partial charge is 0.188 e. The van der Waals surface area contributed by atoms with Crippen molar-refractivity contribution in [2.75, 3.05) is 11.9 Å². The average Bonchev–Trinajstić information content (AvgIpc) is 2.97. The normalized spacial score (nSPS) is 15.4. The summed E-state index contributed by atoms with van der Waals surface area (Å²) in [6, 6.07) is 20.6. The Kier molecular flexibility index (Phi) is 4.35. The molecule has 0 spiro atoms. The molecule has 1 heterocycles. The number of fused-ring (bicyclic) bond motifs is 3. The van der Waals surface area contributed by atoms with Crippen molar-refractivity contribution in [3.8, 4) is 0 Å². The molecule has 0 saturated heterocycles. The van der Waals surface area contributed by atoms with Crippen LogP contribution in [0, 0.1) is 0 Å². The second-order valence-electron chi connectivity index (χ2n) is 7.97. The third-order valence-corrected chi connectivity index (χ3v) is 6.18. The summed E-state index contributed by atoms with van der Waals surface area (Å²) in [6.07, 6.45) is 1.76. The van der Waals surface area contributed by atoms with Gasteiger partial charge < -0.3 is 4.90 Å². The SMILES string of the molecule is CN1C(=CC(=O)c2ccc(C(C)(C)C)cc2)Sc2ccc3ccccc3c21. The molecule has 0 amide bonds. The minimum absolute atomic E-state index is 0.0434. The lowest BCUT2D eigenvalue weighted by atomic mass is 9.86. The van der Waals surface area contributed by atoms with Crippen molar-refractivity contribution in [1.29, 1.82) is 0 Å². The molecule has 0 bridgehead atoms. The van der Waals surface area contributed by atoms with E-state index in [4.69, 9.17) is 0 Å². The number of anilines is 1. The Morgan fingerprint density at radius 1 is 0.963 bits per heavy atom. The van der Waals surface area contributed by atoms with Gasteiger partial charge >= 0.3 is 0 Å². The Morgan fingerprint density at radius 3 is 2.37 bits per heavy atom. The van der Waals surface area contributed by atoms with Crippen LogP contribution in [0.1, 0.15) is 36.7 Å². The van der Waals surface area contributed by atoms with Gasteiger partial charge in [0.2, 0.25) is 0 Å². The summed E-state index contributed by atoms with van der Waals surface area (Å²) >= 11 is 1.66. The Hall–Kier alpha value is -2.52. The first-order valence-corrected chi connectivity index (χ1v) is 9.96. The predicted molar refractivity (Wildman–Crippen MR) is 116 cm³/mol. The van der Waals surface area contributed by atoms with Crippen LogP contribution in [0.15, 0.2) is 76.7 Å². The standard InChI is InChI=1S/C24H23NOS/c1-24(2,3)18-12-9-17(10-13-18)20(26)15-22-25(4)23-19-8-6-5-7-16(19)11-14-21(23)27-22/h5-15H,1-4H3. The number of carbonyl (C=O) groups is 1. The van der Waals surface area contributed by atoms with Crippen LogP contribution in [0.4, 0.5) is 5.69 Å². The van der Waals surface area contributed by atoms with Gasteiger partial charge in [0, 0.05) is 29.0 Å². The molecule has 3 aromatic rings. The van der Waals surface area contributed by atoms with Crippen molar-refractivity contribution in [1.82, 2.24) is 0 Å². The molecule has 1 aliphatic heterocycles. The van der Waals surface area contributed by atoms with E-state index in [1.54, 1.807) is 17.8 Å². The number of hydrogen-bond donors (Lipinski definition) is 0. The van der Waals surface area contributed by atoms with Crippen molar-refractivity contribution in [2.45, 2.75) is 31.1 Å². The Morgan fingerprint density at radius 2 is 1.67 bits per heavy atom. The number of allylic oxidation sites excluding steroid dienone is 1. The summed E-state index contributed by atoms with van der Waals surface area (Å²) in [7, 11) is 2.03. The van der Waals surface area contributed by atoms with Gasteiger partial charge in [-0.05, 0) is 22.4 Å². The van der Waals surface area contributed by atoms with Crippen LogP contribution < -0.4 is 4.90 Å². The van der Waals surface area contributed by atoms with Crippen LogP contribution in [-0.4, -0.2) is 12.8 Å². The van der Waals surface area contributed by atoms with Crippen LogP contribution in [0.5, 0.6) is 0 Å². The van der Waals surface area contributed by atoms with Gasteiger partial charge in [0.15, 0.2) is 5.78 Å².